The van der Waals surface area contributed by atoms with Gasteiger partial charge in [0.1, 0.15) is 0 Å². The fourth-order valence-electron chi connectivity index (χ4n) is 2.54. The summed E-state index contributed by atoms with van der Waals surface area (Å²) in [6, 6.07) is 9.84. The predicted molar refractivity (Wildman–Crippen MR) is 96.1 cm³/mol. The number of tetrazole rings is 1. The molecule has 1 aliphatic rings. The Kier molecular flexibility index (Phi) is 5.19. The van der Waals surface area contributed by atoms with Crippen LogP contribution in [0.4, 0.5) is 5.13 Å². The lowest BCUT2D eigenvalue weighted by atomic mass is 10.2. The molecule has 0 saturated carbocycles. The number of hydrogen-bond acceptors (Lipinski definition) is 9. The molecule has 1 N–H and O–H groups in total. The van der Waals surface area contributed by atoms with Crippen LogP contribution >= 0.6 is 23.1 Å². The molecule has 1 fully saturated rings. The Morgan fingerprint density at radius 3 is 3.00 bits per heavy atom. The first kappa shape index (κ1) is 16.4. The van der Waals surface area contributed by atoms with E-state index in [0.29, 0.717) is 5.75 Å². The third-order valence-electron chi connectivity index (χ3n) is 3.77. The van der Waals surface area contributed by atoms with Crippen LogP contribution in [0.1, 0.15) is 18.7 Å². The van der Waals surface area contributed by atoms with E-state index < -0.39 is 0 Å². The van der Waals surface area contributed by atoms with Crippen molar-refractivity contribution in [3.8, 4) is 5.69 Å². The van der Waals surface area contributed by atoms with Crippen LogP contribution in [-0.4, -0.2) is 49.7 Å². The zero-order valence-electron chi connectivity index (χ0n) is 13.4. The van der Waals surface area contributed by atoms with E-state index in [1.54, 1.807) is 16.4 Å². The molecule has 0 radical (unpaired) electrons. The van der Waals surface area contributed by atoms with E-state index in [4.69, 9.17) is 4.74 Å². The van der Waals surface area contributed by atoms with Crippen LogP contribution in [0.3, 0.4) is 0 Å². The van der Waals surface area contributed by atoms with E-state index in [1.807, 2.05) is 30.3 Å². The molecular weight excluding hydrogens is 358 g/mol. The monoisotopic (exact) mass is 375 g/mol. The highest BCUT2D eigenvalue weighted by Crippen LogP contribution is 2.28. The third-order valence-corrected chi connectivity index (χ3v) is 5.78. The number of rotatable bonds is 7. The molecular formula is C15H17N7OS2. The summed E-state index contributed by atoms with van der Waals surface area (Å²) in [5.41, 5.74) is 0.944. The molecule has 1 atom stereocenters. The average molecular weight is 375 g/mol. The number of hydrogen-bond donors (Lipinski definition) is 1. The molecule has 0 bridgehead atoms. The van der Waals surface area contributed by atoms with Gasteiger partial charge in [-0.25, -0.2) is 0 Å². The molecule has 3 heterocycles. The summed E-state index contributed by atoms with van der Waals surface area (Å²) in [4.78, 5) is 0. The van der Waals surface area contributed by atoms with Crippen LogP contribution in [0.25, 0.3) is 5.69 Å². The van der Waals surface area contributed by atoms with Gasteiger partial charge in [-0.1, -0.05) is 41.3 Å². The highest BCUT2D eigenvalue weighted by atomic mass is 32.2. The summed E-state index contributed by atoms with van der Waals surface area (Å²) in [5.74, 6) is 1.41. The molecule has 8 nitrogen and oxygen atoms in total. The maximum atomic E-state index is 5.60. The first-order chi connectivity index (χ1) is 12.4. The highest BCUT2D eigenvalue weighted by molar-refractivity contribution is 8.00. The molecule has 0 aliphatic carbocycles. The average Bonchev–Trinajstić information content (AvgIpc) is 3.40. The highest BCUT2D eigenvalue weighted by Gasteiger charge is 2.16. The molecule has 1 aromatic carbocycles. The SMILES string of the molecule is c1ccc(-n2nnnc2CSc2nnc(NC[C@H]3CCCO3)s2)cc1. The topological polar surface area (TPSA) is 90.6 Å². The minimum absolute atomic E-state index is 0.288. The lowest BCUT2D eigenvalue weighted by Crippen LogP contribution is -2.18. The van der Waals surface area contributed by atoms with Crippen molar-refractivity contribution in [1.29, 1.82) is 0 Å². The normalized spacial score (nSPS) is 17.0. The van der Waals surface area contributed by atoms with Gasteiger partial charge in [0.05, 0.1) is 17.5 Å². The van der Waals surface area contributed by atoms with E-state index in [9.17, 15) is 0 Å². The second-order valence-electron chi connectivity index (χ2n) is 5.52. The number of aromatic nitrogens is 6. The number of nitrogens with zero attached hydrogens (tertiary/aromatic N) is 6. The number of ether oxygens (including phenoxy) is 1. The molecule has 3 aromatic rings. The van der Waals surface area contributed by atoms with Crippen molar-refractivity contribution in [3.05, 3.63) is 36.2 Å². The van der Waals surface area contributed by atoms with Crippen LogP contribution in [0.5, 0.6) is 0 Å². The van der Waals surface area contributed by atoms with Crippen molar-refractivity contribution >= 4 is 28.2 Å². The van der Waals surface area contributed by atoms with Crippen molar-refractivity contribution in [2.75, 3.05) is 18.5 Å². The van der Waals surface area contributed by atoms with E-state index in [0.717, 1.165) is 47.0 Å². The van der Waals surface area contributed by atoms with Gasteiger partial charge in [0.2, 0.25) is 5.13 Å². The van der Waals surface area contributed by atoms with Crippen molar-refractivity contribution in [1.82, 2.24) is 30.4 Å². The fourth-order valence-corrected chi connectivity index (χ4v) is 4.20. The Morgan fingerprint density at radius 2 is 2.16 bits per heavy atom. The standard InChI is InChI=1S/C15H17N7OS2/c1-2-5-11(6-3-1)22-13(17-20-21-22)10-24-15-19-18-14(25-15)16-9-12-7-4-8-23-12/h1-3,5-6,12H,4,7-10H2,(H,16,18)/t12-/m1/s1. The molecule has 1 aliphatic heterocycles. The molecule has 4 rings (SSSR count). The Morgan fingerprint density at radius 1 is 1.24 bits per heavy atom. The van der Waals surface area contributed by atoms with E-state index in [1.165, 1.54) is 11.3 Å². The summed E-state index contributed by atoms with van der Waals surface area (Å²) in [6.45, 7) is 1.64. The first-order valence-corrected chi connectivity index (χ1v) is 9.83. The van der Waals surface area contributed by atoms with Crippen LogP contribution < -0.4 is 5.32 Å². The van der Waals surface area contributed by atoms with Crippen molar-refractivity contribution < 1.29 is 4.74 Å². The number of nitrogens with one attached hydrogen (secondary N) is 1. The number of anilines is 1. The summed E-state index contributed by atoms with van der Waals surface area (Å²) in [7, 11) is 0. The zero-order chi connectivity index (χ0) is 16.9. The molecule has 25 heavy (non-hydrogen) atoms. The Labute approximate surface area is 153 Å². The molecule has 1 saturated heterocycles. The van der Waals surface area contributed by atoms with Gasteiger partial charge in [-0.05, 0) is 35.4 Å². The predicted octanol–water partition coefficient (Wildman–Crippen LogP) is 2.40. The van der Waals surface area contributed by atoms with Crippen LogP contribution in [-0.2, 0) is 10.5 Å². The first-order valence-electron chi connectivity index (χ1n) is 8.03. The van der Waals surface area contributed by atoms with Crippen molar-refractivity contribution in [2.45, 2.75) is 29.0 Å². The van der Waals surface area contributed by atoms with Gasteiger partial charge in [0.15, 0.2) is 10.2 Å². The molecule has 0 amide bonds. The second kappa shape index (κ2) is 7.89. The summed E-state index contributed by atoms with van der Waals surface area (Å²) < 4.78 is 8.22. The summed E-state index contributed by atoms with van der Waals surface area (Å²) in [5, 5.41) is 24.5. The zero-order valence-corrected chi connectivity index (χ0v) is 15.0. The van der Waals surface area contributed by atoms with E-state index >= 15 is 0 Å². The largest absolute Gasteiger partial charge is 0.376 e. The van der Waals surface area contributed by atoms with Gasteiger partial charge in [-0.3, -0.25) is 0 Å². The lowest BCUT2D eigenvalue weighted by molar-refractivity contribution is 0.120. The molecule has 10 heteroatoms. The van der Waals surface area contributed by atoms with E-state index in [2.05, 4.69) is 31.0 Å². The Bertz CT molecular complexity index is 801. The fraction of sp³-hybridized carbons (Fsp3) is 0.400. The maximum absolute atomic E-state index is 5.60. The van der Waals surface area contributed by atoms with Gasteiger partial charge >= 0.3 is 0 Å². The van der Waals surface area contributed by atoms with Gasteiger partial charge in [0, 0.05) is 13.2 Å². The lowest BCUT2D eigenvalue weighted by Gasteiger charge is -2.08. The quantitative estimate of drug-likeness (QED) is 0.630. The molecule has 2 aromatic heterocycles. The van der Waals surface area contributed by atoms with Gasteiger partial charge in [0.25, 0.3) is 0 Å². The van der Waals surface area contributed by atoms with Crippen LogP contribution in [0.15, 0.2) is 34.7 Å². The molecule has 0 unspecified atom stereocenters. The van der Waals surface area contributed by atoms with Crippen LogP contribution in [0, 0.1) is 0 Å². The van der Waals surface area contributed by atoms with Gasteiger partial charge in [-0.15, -0.1) is 15.3 Å². The molecule has 0 spiro atoms. The summed E-state index contributed by atoms with van der Waals surface area (Å²) >= 11 is 3.11. The van der Waals surface area contributed by atoms with Crippen molar-refractivity contribution in [3.63, 3.8) is 0 Å². The van der Waals surface area contributed by atoms with Crippen LogP contribution in [0.2, 0.25) is 0 Å². The number of benzene rings is 1. The smallest absolute Gasteiger partial charge is 0.206 e. The number of thioether (sulfide) groups is 1. The van der Waals surface area contributed by atoms with E-state index in [-0.39, 0.29) is 6.10 Å². The minimum atomic E-state index is 0.288. The summed E-state index contributed by atoms with van der Waals surface area (Å²) in [6.07, 6.45) is 2.53. The maximum Gasteiger partial charge on any atom is 0.206 e. The third kappa shape index (κ3) is 4.14. The molecule has 130 valence electrons. The Hall–Kier alpha value is -2.04. The second-order valence-corrected chi connectivity index (χ2v) is 7.72. The van der Waals surface area contributed by atoms with Crippen molar-refractivity contribution in [2.24, 2.45) is 0 Å². The minimum Gasteiger partial charge on any atom is -0.376 e. The Balaban J connectivity index is 1.34. The number of para-hydroxylation sites is 1. The van der Waals surface area contributed by atoms with Gasteiger partial charge in [-0.2, -0.15) is 4.68 Å². The van der Waals surface area contributed by atoms with Gasteiger partial charge < -0.3 is 10.1 Å².